The summed E-state index contributed by atoms with van der Waals surface area (Å²) < 4.78 is 5.68. The Morgan fingerprint density at radius 3 is 2.82 bits per heavy atom. The van der Waals surface area contributed by atoms with Crippen LogP contribution in [0.3, 0.4) is 0 Å². The van der Waals surface area contributed by atoms with Gasteiger partial charge in [0, 0.05) is 25.1 Å². The maximum absolute atomic E-state index is 12.4. The molecule has 1 heterocycles. The van der Waals surface area contributed by atoms with E-state index in [2.05, 4.69) is 17.6 Å². The molecule has 0 aromatic carbocycles. The number of carbonyl (C=O) groups excluding carboxylic acids is 1. The number of carbonyl (C=O) groups is 1. The Hall–Kier alpha value is -1.68. The average molecular weight is 304 g/mol. The lowest BCUT2D eigenvalue weighted by Crippen LogP contribution is -2.38. The van der Waals surface area contributed by atoms with Gasteiger partial charge >= 0.3 is 0 Å². The van der Waals surface area contributed by atoms with Gasteiger partial charge in [-0.15, -0.1) is 0 Å². The molecule has 0 saturated heterocycles. The number of nitrogens with zero attached hydrogens (tertiary/aromatic N) is 1. The standard InChI is InChI=1S/C18H28N2O2/c1-13(17(19)14(2)22-18(3,4)5)16(21)12-15-8-6-10-20-11-7-9-15/h6,8-10,13,17H,2,7,11-12,19H2,1,3-5H3. The van der Waals surface area contributed by atoms with E-state index < -0.39 is 6.04 Å². The molecular weight excluding hydrogens is 276 g/mol. The van der Waals surface area contributed by atoms with Crippen molar-refractivity contribution in [2.24, 2.45) is 16.6 Å². The van der Waals surface area contributed by atoms with Crippen molar-refractivity contribution >= 4 is 12.0 Å². The molecular formula is C18H28N2O2. The second-order valence-electron chi connectivity index (χ2n) is 6.62. The highest BCUT2D eigenvalue weighted by Crippen LogP contribution is 2.20. The van der Waals surface area contributed by atoms with Crippen LogP contribution in [0.5, 0.6) is 0 Å². The van der Waals surface area contributed by atoms with Gasteiger partial charge in [0.05, 0.1) is 6.04 Å². The monoisotopic (exact) mass is 304 g/mol. The van der Waals surface area contributed by atoms with Gasteiger partial charge in [0.25, 0.3) is 0 Å². The van der Waals surface area contributed by atoms with Crippen molar-refractivity contribution in [1.29, 1.82) is 0 Å². The molecule has 2 atom stereocenters. The van der Waals surface area contributed by atoms with Crippen molar-refractivity contribution in [3.05, 3.63) is 36.1 Å². The van der Waals surface area contributed by atoms with Crippen molar-refractivity contribution in [1.82, 2.24) is 0 Å². The van der Waals surface area contributed by atoms with E-state index in [1.165, 1.54) is 0 Å². The molecule has 0 saturated carbocycles. The minimum absolute atomic E-state index is 0.0968. The van der Waals surface area contributed by atoms with Crippen LogP contribution in [0.4, 0.5) is 0 Å². The van der Waals surface area contributed by atoms with E-state index in [0.717, 1.165) is 18.5 Å². The first-order chi connectivity index (χ1) is 10.2. The summed E-state index contributed by atoms with van der Waals surface area (Å²) in [5, 5.41) is 0. The average Bonchev–Trinajstić information content (AvgIpc) is 2.37. The lowest BCUT2D eigenvalue weighted by atomic mass is 9.91. The molecule has 0 aliphatic carbocycles. The maximum atomic E-state index is 12.4. The highest BCUT2D eigenvalue weighted by Gasteiger charge is 2.26. The Kier molecular flexibility index (Phi) is 6.75. The second kappa shape index (κ2) is 8.08. The normalized spacial score (nSPS) is 18.0. The van der Waals surface area contributed by atoms with Gasteiger partial charge in [0.2, 0.25) is 0 Å². The van der Waals surface area contributed by atoms with Crippen LogP contribution in [0.2, 0.25) is 0 Å². The Morgan fingerprint density at radius 2 is 2.18 bits per heavy atom. The first-order valence-corrected chi connectivity index (χ1v) is 7.72. The van der Waals surface area contributed by atoms with Gasteiger partial charge < -0.3 is 10.5 Å². The highest BCUT2D eigenvalue weighted by atomic mass is 16.5. The van der Waals surface area contributed by atoms with Gasteiger partial charge in [-0.25, -0.2) is 0 Å². The van der Waals surface area contributed by atoms with Crippen LogP contribution >= 0.6 is 0 Å². The quantitative estimate of drug-likeness (QED) is 0.766. The van der Waals surface area contributed by atoms with Gasteiger partial charge in [0.1, 0.15) is 17.1 Å². The second-order valence-corrected chi connectivity index (χ2v) is 6.62. The summed E-state index contributed by atoms with van der Waals surface area (Å²) >= 11 is 0. The number of ketones is 1. The van der Waals surface area contributed by atoms with Crippen molar-refractivity contribution in [2.75, 3.05) is 6.54 Å². The first-order valence-electron chi connectivity index (χ1n) is 7.72. The molecule has 122 valence electrons. The predicted octanol–water partition coefficient (Wildman–Crippen LogP) is 3.19. The lowest BCUT2D eigenvalue weighted by Gasteiger charge is -2.28. The van der Waals surface area contributed by atoms with E-state index in [4.69, 9.17) is 10.5 Å². The molecule has 0 fully saturated rings. The molecule has 0 bridgehead atoms. The maximum Gasteiger partial charge on any atom is 0.142 e. The number of allylic oxidation sites excluding steroid dienone is 3. The van der Waals surface area contributed by atoms with Gasteiger partial charge in [-0.05, 0) is 38.8 Å². The van der Waals surface area contributed by atoms with Crippen LogP contribution in [0.15, 0.2) is 41.1 Å². The fourth-order valence-electron chi connectivity index (χ4n) is 2.13. The third-order valence-electron chi connectivity index (χ3n) is 3.40. The topological polar surface area (TPSA) is 64.7 Å². The molecule has 2 N–H and O–H groups in total. The summed E-state index contributed by atoms with van der Waals surface area (Å²) in [6, 6.07) is -0.494. The molecule has 4 nitrogen and oxygen atoms in total. The largest absolute Gasteiger partial charge is 0.491 e. The van der Waals surface area contributed by atoms with Crippen LogP contribution in [0.1, 0.15) is 40.5 Å². The van der Waals surface area contributed by atoms with Gasteiger partial charge in [-0.2, -0.15) is 0 Å². The number of nitrogens with two attached hydrogens (primary N) is 1. The third-order valence-corrected chi connectivity index (χ3v) is 3.40. The first kappa shape index (κ1) is 18.4. The number of aliphatic imine (C=N–C) groups is 1. The van der Waals surface area contributed by atoms with E-state index in [-0.39, 0.29) is 17.3 Å². The van der Waals surface area contributed by atoms with Gasteiger partial charge in [0.15, 0.2) is 0 Å². The summed E-state index contributed by atoms with van der Waals surface area (Å²) in [7, 11) is 0. The summed E-state index contributed by atoms with van der Waals surface area (Å²) in [5.41, 5.74) is 6.78. The van der Waals surface area contributed by atoms with E-state index >= 15 is 0 Å². The molecule has 0 aromatic heterocycles. The Balaban J connectivity index is 2.64. The van der Waals surface area contributed by atoms with Crippen molar-refractivity contribution in [3.8, 4) is 0 Å². The molecule has 22 heavy (non-hydrogen) atoms. The minimum Gasteiger partial charge on any atom is -0.491 e. The van der Waals surface area contributed by atoms with Crippen LogP contribution in [-0.4, -0.2) is 30.2 Å². The number of hydrogen-bond acceptors (Lipinski definition) is 4. The molecule has 0 aromatic rings. The number of ether oxygens (including phenoxy) is 1. The van der Waals surface area contributed by atoms with Crippen LogP contribution in [0, 0.1) is 5.92 Å². The SMILES string of the molecule is C=C(OC(C)(C)C)C(N)C(C)C(=O)CC1=CCCN=CC=C1. The molecule has 1 rings (SSSR count). The van der Waals surface area contributed by atoms with Crippen molar-refractivity contribution in [3.63, 3.8) is 0 Å². The molecule has 1 aliphatic rings. The summed E-state index contributed by atoms with van der Waals surface area (Å²) in [6.07, 6.45) is 8.85. The lowest BCUT2D eigenvalue weighted by molar-refractivity contribution is -0.122. The zero-order valence-electron chi connectivity index (χ0n) is 14.1. The highest BCUT2D eigenvalue weighted by molar-refractivity contribution is 5.85. The Labute approximate surface area is 133 Å². The van der Waals surface area contributed by atoms with Gasteiger partial charge in [-0.3, -0.25) is 9.79 Å². The number of rotatable bonds is 6. The smallest absolute Gasteiger partial charge is 0.142 e. The van der Waals surface area contributed by atoms with Crippen molar-refractivity contribution in [2.45, 2.75) is 52.2 Å². The zero-order valence-corrected chi connectivity index (χ0v) is 14.1. The molecule has 2 unspecified atom stereocenters. The summed E-state index contributed by atoms with van der Waals surface area (Å²) in [6.45, 7) is 12.3. The molecule has 0 spiro atoms. The summed E-state index contributed by atoms with van der Waals surface area (Å²) in [4.78, 5) is 16.6. The van der Waals surface area contributed by atoms with Crippen LogP contribution < -0.4 is 5.73 Å². The molecule has 0 radical (unpaired) electrons. The predicted molar refractivity (Wildman–Crippen MR) is 91.9 cm³/mol. The number of Topliss-reactive ketones (excluding diaryl/α,β-unsaturated/α-hetero) is 1. The van der Waals surface area contributed by atoms with Crippen LogP contribution in [-0.2, 0) is 9.53 Å². The fourth-order valence-corrected chi connectivity index (χ4v) is 2.13. The molecule has 4 heteroatoms. The summed E-state index contributed by atoms with van der Waals surface area (Å²) in [5.74, 6) is 0.227. The van der Waals surface area contributed by atoms with Crippen LogP contribution in [0.25, 0.3) is 0 Å². The minimum atomic E-state index is -0.494. The van der Waals surface area contributed by atoms with Gasteiger partial charge in [-0.1, -0.05) is 25.7 Å². The van der Waals surface area contributed by atoms with Crippen molar-refractivity contribution < 1.29 is 9.53 Å². The van der Waals surface area contributed by atoms with E-state index in [1.54, 1.807) is 6.21 Å². The molecule has 0 amide bonds. The van der Waals surface area contributed by atoms with E-state index in [1.807, 2.05) is 39.8 Å². The number of hydrogen-bond donors (Lipinski definition) is 1. The Morgan fingerprint density at radius 1 is 1.50 bits per heavy atom. The zero-order chi connectivity index (χ0) is 16.8. The molecule has 1 aliphatic heterocycles. The van der Waals surface area contributed by atoms with E-state index in [0.29, 0.717) is 12.2 Å². The van der Waals surface area contributed by atoms with E-state index in [9.17, 15) is 4.79 Å². The third kappa shape index (κ3) is 6.39. The Bertz CT molecular complexity index is 496. The fraction of sp³-hybridized carbons (Fsp3) is 0.556.